The molecular weight excluding hydrogens is 321 g/mol. The monoisotopic (exact) mass is 327 g/mol. The van der Waals surface area contributed by atoms with Gasteiger partial charge in [-0.3, -0.25) is 4.98 Å². The molecule has 0 saturated heterocycles. The molecule has 0 radical (unpaired) electrons. The molecule has 1 atom stereocenters. The van der Waals surface area contributed by atoms with Crippen molar-refractivity contribution in [3.63, 3.8) is 0 Å². The summed E-state index contributed by atoms with van der Waals surface area (Å²) in [6.07, 6.45) is 0.358. The van der Waals surface area contributed by atoms with E-state index in [0.717, 1.165) is 5.39 Å². The summed E-state index contributed by atoms with van der Waals surface area (Å²) < 4.78 is 5.58. The summed E-state index contributed by atoms with van der Waals surface area (Å²) in [6, 6.07) is 8.45. The summed E-state index contributed by atoms with van der Waals surface area (Å²) >= 11 is 17.7. The molecule has 6 heteroatoms. The van der Waals surface area contributed by atoms with Gasteiger partial charge in [-0.2, -0.15) is 0 Å². The van der Waals surface area contributed by atoms with Gasteiger partial charge >= 0.3 is 0 Å². The van der Waals surface area contributed by atoms with Crippen LogP contribution in [0.3, 0.4) is 0 Å². The first-order chi connectivity index (χ1) is 9.54. The lowest BCUT2D eigenvalue weighted by molar-refractivity contribution is 0.188. The summed E-state index contributed by atoms with van der Waals surface area (Å²) in [6.45, 7) is 0. The maximum atomic E-state index is 10.3. The van der Waals surface area contributed by atoms with Gasteiger partial charge in [0.15, 0.2) is 6.10 Å². The predicted octanol–water partition coefficient (Wildman–Crippen LogP) is 4.87. The van der Waals surface area contributed by atoms with Crippen LogP contribution in [0.15, 0.2) is 40.9 Å². The number of nitrogens with zero attached hydrogens (tertiary/aromatic N) is 1. The van der Waals surface area contributed by atoms with Crippen molar-refractivity contribution in [3.05, 3.63) is 63.1 Å². The van der Waals surface area contributed by atoms with E-state index >= 15 is 0 Å². The molecule has 3 rings (SSSR count). The Hall–Kier alpha value is -1.26. The van der Waals surface area contributed by atoms with Crippen molar-refractivity contribution >= 4 is 45.8 Å². The highest BCUT2D eigenvalue weighted by Crippen LogP contribution is 2.32. The smallest absolute Gasteiger partial charge is 0.155 e. The van der Waals surface area contributed by atoms with Gasteiger partial charge in [0.2, 0.25) is 0 Å². The Balaban J connectivity index is 2.05. The van der Waals surface area contributed by atoms with Crippen LogP contribution in [0.25, 0.3) is 11.0 Å². The van der Waals surface area contributed by atoms with Crippen LogP contribution in [0.5, 0.6) is 0 Å². The van der Waals surface area contributed by atoms with E-state index < -0.39 is 6.10 Å². The first kappa shape index (κ1) is 13.7. The fourth-order valence-corrected chi connectivity index (χ4v) is 2.59. The quantitative estimate of drug-likeness (QED) is 0.730. The van der Waals surface area contributed by atoms with Crippen molar-refractivity contribution in [3.8, 4) is 0 Å². The molecule has 0 aliphatic carbocycles. The van der Waals surface area contributed by atoms with Crippen molar-refractivity contribution in [1.29, 1.82) is 0 Å². The third-order valence-electron chi connectivity index (χ3n) is 2.86. The summed E-state index contributed by atoms with van der Waals surface area (Å²) in [5, 5.41) is 12.4. The van der Waals surface area contributed by atoms with E-state index in [0.29, 0.717) is 27.1 Å². The zero-order valence-corrected chi connectivity index (χ0v) is 12.2. The van der Waals surface area contributed by atoms with Crippen LogP contribution in [-0.2, 0) is 0 Å². The van der Waals surface area contributed by atoms with Gasteiger partial charge < -0.3 is 9.52 Å². The Labute approximate surface area is 129 Å². The number of rotatable bonds is 2. The minimum Gasteiger partial charge on any atom is -0.458 e. The van der Waals surface area contributed by atoms with Crippen molar-refractivity contribution in [2.45, 2.75) is 6.10 Å². The number of aliphatic hydroxyl groups excluding tert-OH is 1. The maximum absolute atomic E-state index is 10.3. The van der Waals surface area contributed by atoms with Gasteiger partial charge in [-0.1, -0.05) is 34.8 Å². The molecule has 0 aliphatic rings. The topological polar surface area (TPSA) is 46.3 Å². The maximum Gasteiger partial charge on any atom is 0.155 e. The highest BCUT2D eigenvalue weighted by molar-refractivity contribution is 6.34. The number of hydrogen-bond acceptors (Lipinski definition) is 3. The summed E-state index contributed by atoms with van der Waals surface area (Å²) in [4.78, 5) is 4.04. The highest BCUT2D eigenvalue weighted by Gasteiger charge is 2.20. The molecule has 1 N–H and O–H groups in total. The second-order valence-corrected chi connectivity index (χ2v) is 5.53. The van der Waals surface area contributed by atoms with E-state index in [2.05, 4.69) is 4.98 Å². The SMILES string of the molecule is OC(c1cc2cc(Cl)ccc2o1)c1ncc(Cl)cc1Cl. The van der Waals surface area contributed by atoms with Gasteiger partial charge in [0, 0.05) is 16.6 Å². The average Bonchev–Trinajstić information content (AvgIpc) is 2.81. The average molecular weight is 329 g/mol. The molecule has 0 spiro atoms. The molecule has 102 valence electrons. The van der Waals surface area contributed by atoms with Crippen LogP contribution in [0.4, 0.5) is 0 Å². The minimum atomic E-state index is -1.06. The number of hydrogen-bond donors (Lipinski definition) is 1. The van der Waals surface area contributed by atoms with Crippen molar-refractivity contribution < 1.29 is 9.52 Å². The van der Waals surface area contributed by atoms with E-state index in [1.807, 2.05) is 0 Å². The van der Waals surface area contributed by atoms with Crippen LogP contribution in [0.1, 0.15) is 17.6 Å². The lowest BCUT2D eigenvalue weighted by Gasteiger charge is -2.08. The molecule has 20 heavy (non-hydrogen) atoms. The molecule has 0 amide bonds. The second kappa shape index (κ2) is 5.26. The molecule has 0 saturated carbocycles. The fourth-order valence-electron chi connectivity index (χ4n) is 1.93. The van der Waals surface area contributed by atoms with Crippen LogP contribution in [0.2, 0.25) is 15.1 Å². The zero-order valence-electron chi connectivity index (χ0n) is 9.98. The highest BCUT2D eigenvalue weighted by atomic mass is 35.5. The molecule has 2 heterocycles. The van der Waals surface area contributed by atoms with E-state index in [4.69, 9.17) is 39.2 Å². The number of fused-ring (bicyclic) bond motifs is 1. The zero-order chi connectivity index (χ0) is 14.3. The first-order valence-electron chi connectivity index (χ1n) is 5.72. The summed E-state index contributed by atoms with van der Waals surface area (Å²) in [5.41, 5.74) is 0.926. The van der Waals surface area contributed by atoms with Crippen LogP contribution >= 0.6 is 34.8 Å². The van der Waals surface area contributed by atoms with Gasteiger partial charge in [0.1, 0.15) is 11.3 Å². The Morgan fingerprint density at radius 2 is 1.85 bits per heavy atom. The van der Waals surface area contributed by atoms with E-state index in [1.165, 1.54) is 12.3 Å². The van der Waals surface area contributed by atoms with Gasteiger partial charge in [-0.25, -0.2) is 0 Å². The number of aromatic nitrogens is 1. The number of benzene rings is 1. The molecule has 0 fully saturated rings. The second-order valence-electron chi connectivity index (χ2n) is 4.25. The Bertz CT molecular complexity index is 785. The predicted molar refractivity (Wildman–Crippen MR) is 79.5 cm³/mol. The van der Waals surface area contributed by atoms with Gasteiger partial charge in [-0.15, -0.1) is 0 Å². The summed E-state index contributed by atoms with van der Waals surface area (Å²) in [7, 11) is 0. The third-order valence-corrected chi connectivity index (χ3v) is 3.61. The fraction of sp³-hybridized carbons (Fsp3) is 0.0714. The van der Waals surface area contributed by atoms with Crippen molar-refractivity contribution in [1.82, 2.24) is 4.98 Å². The third kappa shape index (κ3) is 2.50. The number of halogens is 3. The number of furan rings is 1. The standard InChI is InChI=1S/C14H8Cl3NO2/c15-8-1-2-11-7(3-8)4-12(20-11)14(19)13-10(17)5-9(16)6-18-13/h1-6,14,19H. The molecular formula is C14H8Cl3NO2. The number of pyridine rings is 1. The van der Waals surface area contributed by atoms with Crippen LogP contribution < -0.4 is 0 Å². The van der Waals surface area contributed by atoms with Crippen LogP contribution in [0, 0.1) is 0 Å². The lowest BCUT2D eigenvalue weighted by Crippen LogP contribution is -2.01. The lowest BCUT2D eigenvalue weighted by atomic mass is 10.1. The van der Waals surface area contributed by atoms with Gasteiger partial charge in [0.25, 0.3) is 0 Å². The number of aliphatic hydroxyl groups is 1. The van der Waals surface area contributed by atoms with Crippen molar-refractivity contribution in [2.24, 2.45) is 0 Å². The molecule has 3 nitrogen and oxygen atoms in total. The molecule has 1 unspecified atom stereocenters. The van der Waals surface area contributed by atoms with E-state index in [1.54, 1.807) is 24.3 Å². The molecule has 2 aromatic heterocycles. The Morgan fingerprint density at radius 1 is 1.05 bits per heavy atom. The molecule has 0 bridgehead atoms. The van der Waals surface area contributed by atoms with Gasteiger partial charge in [-0.05, 0) is 30.3 Å². The largest absolute Gasteiger partial charge is 0.458 e. The molecule has 0 aliphatic heterocycles. The van der Waals surface area contributed by atoms with E-state index in [9.17, 15) is 5.11 Å². The minimum absolute atomic E-state index is 0.281. The molecule has 1 aromatic carbocycles. The normalized spacial score (nSPS) is 12.8. The summed E-state index contributed by atoms with van der Waals surface area (Å²) in [5.74, 6) is 0.346. The molecule has 3 aromatic rings. The Kier molecular flexibility index (Phi) is 3.61. The van der Waals surface area contributed by atoms with Crippen LogP contribution in [-0.4, -0.2) is 10.1 Å². The Morgan fingerprint density at radius 3 is 2.60 bits per heavy atom. The first-order valence-corrected chi connectivity index (χ1v) is 6.86. The van der Waals surface area contributed by atoms with Crippen molar-refractivity contribution in [2.75, 3.05) is 0 Å². The van der Waals surface area contributed by atoms with Gasteiger partial charge in [0.05, 0.1) is 15.7 Å². The van der Waals surface area contributed by atoms with E-state index in [-0.39, 0.29) is 5.02 Å².